The lowest BCUT2D eigenvalue weighted by Gasteiger charge is -2.38. The van der Waals surface area contributed by atoms with Crippen molar-refractivity contribution in [3.05, 3.63) is 12.7 Å². The maximum Gasteiger partial charge on any atom is 0.330 e. The van der Waals surface area contributed by atoms with Crippen LogP contribution >= 0.6 is 0 Å². The van der Waals surface area contributed by atoms with Crippen LogP contribution in [-0.4, -0.2) is 36.0 Å². The summed E-state index contributed by atoms with van der Waals surface area (Å²) < 4.78 is 17.8. The molecule has 0 saturated heterocycles. The molecule has 4 nitrogen and oxygen atoms in total. The summed E-state index contributed by atoms with van der Waals surface area (Å²) in [5, 5.41) is 0. The highest BCUT2D eigenvalue weighted by molar-refractivity contribution is 5.81. The minimum absolute atomic E-state index is 0.102. The third-order valence-electron chi connectivity index (χ3n) is 5.85. The standard InChI is InChI=1S/C26H50O4/c1-12-21(3)14-18-28-24(6,7)16-15-23(4,5)20-26(10,11)29-19-17-25(8,9)30-22(27)13-2/h13,21H,2,12,14-20H2,1,3-11H3. The quantitative estimate of drug-likeness (QED) is 0.195. The molecule has 0 aliphatic carbocycles. The fraction of sp³-hybridized carbons (Fsp3) is 0.885. The van der Waals surface area contributed by atoms with Gasteiger partial charge in [-0.1, -0.05) is 40.7 Å². The van der Waals surface area contributed by atoms with Crippen LogP contribution in [0.2, 0.25) is 0 Å². The van der Waals surface area contributed by atoms with Crippen LogP contribution in [0.15, 0.2) is 12.7 Å². The Balaban J connectivity index is 4.49. The zero-order valence-corrected chi connectivity index (χ0v) is 21.7. The van der Waals surface area contributed by atoms with Gasteiger partial charge in [0.15, 0.2) is 0 Å². The maximum atomic E-state index is 11.5. The third-order valence-corrected chi connectivity index (χ3v) is 5.85. The molecule has 178 valence electrons. The number of ether oxygens (including phenoxy) is 3. The van der Waals surface area contributed by atoms with Gasteiger partial charge in [-0.3, -0.25) is 0 Å². The van der Waals surface area contributed by atoms with E-state index in [1.807, 2.05) is 13.8 Å². The van der Waals surface area contributed by atoms with Gasteiger partial charge in [0, 0.05) is 19.1 Å². The minimum Gasteiger partial charge on any atom is -0.456 e. The number of hydrogen-bond acceptors (Lipinski definition) is 4. The van der Waals surface area contributed by atoms with Crippen molar-refractivity contribution in [2.45, 2.75) is 125 Å². The van der Waals surface area contributed by atoms with Gasteiger partial charge in [-0.25, -0.2) is 4.79 Å². The molecule has 0 rings (SSSR count). The Morgan fingerprint density at radius 1 is 0.867 bits per heavy atom. The Bertz CT molecular complexity index is 517. The van der Waals surface area contributed by atoms with Gasteiger partial charge in [-0.15, -0.1) is 0 Å². The molecule has 0 aromatic heterocycles. The smallest absolute Gasteiger partial charge is 0.330 e. The molecule has 0 amide bonds. The summed E-state index contributed by atoms with van der Waals surface area (Å²) in [6.07, 6.45) is 7.25. The lowest BCUT2D eigenvalue weighted by atomic mass is 9.76. The number of esters is 1. The lowest BCUT2D eigenvalue weighted by molar-refractivity contribution is -0.153. The van der Waals surface area contributed by atoms with E-state index in [-0.39, 0.29) is 16.6 Å². The molecule has 0 spiro atoms. The highest BCUT2D eigenvalue weighted by atomic mass is 16.6. The fourth-order valence-corrected chi connectivity index (χ4v) is 3.68. The van der Waals surface area contributed by atoms with Gasteiger partial charge >= 0.3 is 5.97 Å². The van der Waals surface area contributed by atoms with Crippen LogP contribution in [0.25, 0.3) is 0 Å². The summed E-state index contributed by atoms with van der Waals surface area (Å²) in [5.41, 5.74) is -0.766. The highest BCUT2D eigenvalue weighted by Crippen LogP contribution is 2.37. The number of hydrogen-bond donors (Lipinski definition) is 0. The molecule has 1 unspecified atom stereocenters. The van der Waals surface area contributed by atoms with Crippen molar-refractivity contribution in [3.63, 3.8) is 0 Å². The van der Waals surface area contributed by atoms with E-state index in [9.17, 15) is 4.79 Å². The van der Waals surface area contributed by atoms with Gasteiger partial charge in [0.1, 0.15) is 5.60 Å². The van der Waals surface area contributed by atoms with Gasteiger partial charge in [0.05, 0.1) is 17.8 Å². The van der Waals surface area contributed by atoms with Gasteiger partial charge in [0.25, 0.3) is 0 Å². The molecule has 0 bridgehead atoms. The molecule has 0 aromatic rings. The van der Waals surface area contributed by atoms with Crippen LogP contribution in [0.3, 0.4) is 0 Å². The summed E-state index contributed by atoms with van der Waals surface area (Å²) in [7, 11) is 0. The molecule has 0 heterocycles. The van der Waals surface area contributed by atoms with E-state index in [2.05, 4.69) is 62.0 Å². The first-order valence-corrected chi connectivity index (χ1v) is 11.7. The van der Waals surface area contributed by atoms with Gasteiger partial charge in [0.2, 0.25) is 0 Å². The Hall–Kier alpha value is -0.870. The highest BCUT2D eigenvalue weighted by Gasteiger charge is 2.32. The van der Waals surface area contributed by atoms with Crippen LogP contribution in [0.1, 0.15) is 108 Å². The van der Waals surface area contributed by atoms with E-state index < -0.39 is 11.6 Å². The first kappa shape index (κ1) is 29.1. The molecule has 0 aromatic carbocycles. The predicted molar refractivity (Wildman–Crippen MR) is 127 cm³/mol. The monoisotopic (exact) mass is 426 g/mol. The molecule has 1 atom stereocenters. The first-order chi connectivity index (χ1) is 13.5. The van der Waals surface area contributed by atoms with E-state index in [0.717, 1.165) is 38.2 Å². The molecular formula is C26H50O4. The van der Waals surface area contributed by atoms with Crippen molar-refractivity contribution in [2.75, 3.05) is 13.2 Å². The molecule has 4 heteroatoms. The summed E-state index contributed by atoms with van der Waals surface area (Å²) in [6, 6.07) is 0. The second-order valence-corrected chi connectivity index (χ2v) is 11.5. The molecular weight excluding hydrogens is 376 g/mol. The Labute approximate surface area is 187 Å². The molecule has 0 aliphatic heterocycles. The van der Waals surface area contributed by atoms with E-state index in [0.29, 0.717) is 13.0 Å². The zero-order chi connectivity index (χ0) is 23.6. The number of rotatable bonds is 16. The zero-order valence-electron chi connectivity index (χ0n) is 21.7. The number of carbonyl (C=O) groups is 1. The van der Waals surface area contributed by atoms with E-state index in [1.54, 1.807) is 0 Å². The summed E-state index contributed by atoms with van der Waals surface area (Å²) in [4.78, 5) is 11.5. The second-order valence-electron chi connectivity index (χ2n) is 11.5. The topological polar surface area (TPSA) is 44.8 Å². The first-order valence-electron chi connectivity index (χ1n) is 11.7. The fourth-order valence-electron chi connectivity index (χ4n) is 3.68. The average molecular weight is 427 g/mol. The summed E-state index contributed by atoms with van der Waals surface area (Å²) in [6.45, 7) is 26.5. The van der Waals surface area contributed by atoms with Crippen molar-refractivity contribution in [3.8, 4) is 0 Å². The van der Waals surface area contributed by atoms with Crippen LogP contribution in [-0.2, 0) is 19.0 Å². The molecule has 0 aliphatic rings. The Morgan fingerprint density at radius 2 is 1.43 bits per heavy atom. The van der Waals surface area contributed by atoms with E-state index in [4.69, 9.17) is 14.2 Å². The van der Waals surface area contributed by atoms with Crippen molar-refractivity contribution < 1.29 is 19.0 Å². The van der Waals surface area contributed by atoms with Gasteiger partial charge in [-0.2, -0.15) is 0 Å². The van der Waals surface area contributed by atoms with Crippen LogP contribution in [0.5, 0.6) is 0 Å². The van der Waals surface area contributed by atoms with Crippen molar-refractivity contribution in [1.82, 2.24) is 0 Å². The van der Waals surface area contributed by atoms with Crippen LogP contribution < -0.4 is 0 Å². The average Bonchev–Trinajstić information content (AvgIpc) is 2.58. The summed E-state index contributed by atoms with van der Waals surface area (Å²) in [5.74, 6) is 0.329. The van der Waals surface area contributed by atoms with Crippen molar-refractivity contribution in [2.24, 2.45) is 11.3 Å². The summed E-state index contributed by atoms with van der Waals surface area (Å²) >= 11 is 0. The van der Waals surface area contributed by atoms with E-state index >= 15 is 0 Å². The molecule has 30 heavy (non-hydrogen) atoms. The maximum absolute atomic E-state index is 11.5. The largest absolute Gasteiger partial charge is 0.456 e. The van der Waals surface area contributed by atoms with Crippen molar-refractivity contribution >= 4 is 5.97 Å². The minimum atomic E-state index is -0.562. The third kappa shape index (κ3) is 14.2. The Kier molecular flexibility index (Phi) is 11.9. The Morgan fingerprint density at radius 3 is 1.97 bits per heavy atom. The molecule has 0 fully saturated rings. The molecule has 0 saturated carbocycles. The normalized spacial score (nSPS) is 14.5. The molecule has 0 radical (unpaired) electrons. The molecule has 0 N–H and O–H groups in total. The van der Waals surface area contributed by atoms with Crippen LogP contribution in [0.4, 0.5) is 0 Å². The number of carbonyl (C=O) groups excluding carboxylic acids is 1. The lowest BCUT2D eigenvalue weighted by Crippen LogP contribution is -2.36. The SMILES string of the molecule is C=CC(=O)OC(C)(C)CCOC(C)(C)CC(C)(C)CCC(C)(C)OCCC(C)CC. The van der Waals surface area contributed by atoms with Gasteiger partial charge < -0.3 is 14.2 Å². The second kappa shape index (κ2) is 12.2. The van der Waals surface area contributed by atoms with E-state index in [1.165, 1.54) is 12.5 Å². The van der Waals surface area contributed by atoms with Crippen LogP contribution in [0, 0.1) is 11.3 Å². The van der Waals surface area contributed by atoms with Gasteiger partial charge in [-0.05, 0) is 78.6 Å². The van der Waals surface area contributed by atoms with Crippen molar-refractivity contribution in [1.29, 1.82) is 0 Å². The predicted octanol–water partition coefficient (Wildman–Crippen LogP) is 7.11.